The molecule has 0 bridgehead atoms. The molecule has 0 radical (unpaired) electrons. The van der Waals surface area contributed by atoms with Crippen molar-refractivity contribution >= 4 is 28.2 Å². The lowest BCUT2D eigenvalue weighted by atomic mass is 10.1. The smallest absolute Gasteiger partial charge is 0.257 e. The Bertz CT molecular complexity index is 647. The third kappa shape index (κ3) is 3.09. The summed E-state index contributed by atoms with van der Waals surface area (Å²) < 4.78 is 0. The molecular weight excluding hydrogens is 274 g/mol. The highest BCUT2D eigenvalue weighted by atomic mass is 32.1. The van der Waals surface area contributed by atoms with Crippen LogP contribution in [0, 0.1) is 6.92 Å². The fourth-order valence-electron chi connectivity index (χ4n) is 1.74. The number of carbonyl (C=O) groups is 2. The summed E-state index contributed by atoms with van der Waals surface area (Å²) in [6, 6.07) is 7.04. The third-order valence-electron chi connectivity index (χ3n) is 2.79. The van der Waals surface area contributed by atoms with E-state index in [9.17, 15) is 9.59 Å². The third-order valence-corrected chi connectivity index (χ3v) is 3.96. The zero-order chi connectivity index (χ0) is 14.7. The van der Waals surface area contributed by atoms with E-state index >= 15 is 0 Å². The van der Waals surface area contributed by atoms with Crippen LogP contribution in [-0.4, -0.2) is 16.7 Å². The predicted molar refractivity (Wildman–Crippen MR) is 79.1 cm³/mol. The number of hydrogen-bond acceptors (Lipinski definition) is 5. The molecule has 1 amide bonds. The Morgan fingerprint density at radius 2 is 1.95 bits per heavy atom. The largest absolute Gasteiger partial charge is 0.326 e. The van der Waals surface area contributed by atoms with Gasteiger partial charge in [-0.1, -0.05) is 23.5 Å². The van der Waals surface area contributed by atoms with Crippen LogP contribution in [-0.2, 0) is 6.54 Å². The number of amides is 1. The van der Waals surface area contributed by atoms with Gasteiger partial charge in [-0.3, -0.25) is 14.9 Å². The van der Waals surface area contributed by atoms with Crippen LogP contribution in [0.15, 0.2) is 24.3 Å². The zero-order valence-electron chi connectivity index (χ0n) is 11.3. The Balaban J connectivity index is 2.14. The number of rotatable bonds is 4. The van der Waals surface area contributed by atoms with Gasteiger partial charge in [0.25, 0.3) is 5.91 Å². The number of aromatic nitrogens is 1. The van der Waals surface area contributed by atoms with Gasteiger partial charge in [-0.2, -0.15) is 0 Å². The summed E-state index contributed by atoms with van der Waals surface area (Å²) in [5.74, 6) is -0.301. The molecule has 0 unspecified atom stereocenters. The summed E-state index contributed by atoms with van der Waals surface area (Å²) in [7, 11) is 0. The molecule has 0 aliphatic heterocycles. The van der Waals surface area contributed by atoms with Gasteiger partial charge in [0.15, 0.2) is 10.9 Å². The molecule has 0 fully saturated rings. The van der Waals surface area contributed by atoms with Gasteiger partial charge in [-0.25, -0.2) is 4.98 Å². The average Bonchev–Trinajstić information content (AvgIpc) is 2.79. The molecule has 1 heterocycles. The van der Waals surface area contributed by atoms with Crippen molar-refractivity contribution in [2.45, 2.75) is 20.4 Å². The van der Waals surface area contributed by atoms with Crippen LogP contribution in [0.1, 0.15) is 38.2 Å². The molecule has 2 aromatic rings. The molecule has 0 aliphatic carbocycles. The Kier molecular flexibility index (Phi) is 4.26. The van der Waals surface area contributed by atoms with E-state index in [-0.39, 0.29) is 11.7 Å². The molecule has 1 aromatic carbocycles. The number of nitrogens with zero attached hydrogens (tertiary/aromatic N) is 1. The molecule has 0 saturated carbocycles. The van der Waals surface area contributed by atoms with Crippen molar-refractivity contribution in [3.8, 4) is 0 Å². The maximum atomic E-state index is 12.0. The number of anilines is 1. The number of ketones is 1. The van der Waals surface area contributed by atoms with Crippen LogP contribution < -0.4 is 11.1 Å². The number of Topliss-reactive ketones (excluding diaryl/α,β-unsaturated/α-hetero) is 1. The minimum Gasteiger partial charge on any atom is -0.326 e. The molecule has 0 aliphatic rings. The van der Waals surface area contributed by atoms with Crippen molar-refractivity contribution in [2.75, 3.05) is 5.32 Å². The van der Waals surface area contributed by atoms with E-state index in [0.717, 1.165) is 5.56 Å². The van der Waals surface area contributed by atoms with Crippen LogP contribution >= 0.6 is 11.3 Å². The molecule has 6 heteroatoms. The normalized spacial score (nSPS) is 10.3. The Hall–Kier alpha value is -2.05. The number of thiazole rings is 1. The Morgan fingerprint density at radius 1 is 1.30 bits per heavy atom. The van der Waals surface area contributed by atoms with Crippen molar-refractivity contribution < 1.29 is 9.59 Å². The summed E-state index contributed by atoms with van der Waals surface area (Å²) in [5.41, 5.74) is 7.63. The number of nitrogens with two attached hydrogens (primary N) is 1. The number of hydrogen-bond donors (Lipinski definition) is 2. The maximum absolute atomic E-state index is 12.0. The van der Waals surface area contributed by atoms with E-state index in [1.807, 2.05) is 12.1 Å². The fraction of sp³-hybridized carbons (Fsp3) is 0.214. The first-order chi connectivity index (χ1) is 9.51. The van der Waals surface area contributed by atoms with Gasteiger partial charge in [0.1, 0.15) is 0 Å². The molecule has 1 aromatic heterocycles. The van der Waals surface area contributed by atoms with E-state index in [4.69, 9.17) is 5.73 Å². The first-order valence-corrected chi connectivity index (χ1v) is 6.91. The van der Waals surface area contributed by atoms with E-state index in [1.165, 1.54) is 18.3 Å². The second-order valence-corrected chi connectivity index (χ2v) is 5.34. The highest BCUT2D eigenvalue weighted by Gasteiger charge is 2.14. The van der Waals surface area contributed by atoms with Gasteiger partial charge >= 0.3 is 0 Å². The predicted octanol–water partition coefficient (Wildman–Crippen LogP) is 2.37. The van der Waals surface area contributed by atoms with Gasteiger partial charge in [0.2, 0.25) is 0 Å². The van der Waals surface area contributed by atoms with Gasteiger partial charge in [0.05, 0.1) is 10.6 Å². The molecule has 2 rings (SSSR count). The van der Waals surface area contributed by atoms with Crippen molar-refractivity contribution in [3.05, 3.63) is 46.0 Å². The van der Waals surface area contributed by atoms with Crippen LogP contribution in [0.2, 0.25) is 0 Å². The minimum absolute atomic E-state index is 0.0483. The summed E-state index contributed by atoms with van der Waals surface area (Å²) in [6.07, 6.45) is 0. The Labute approximate surface area is 120 Å². The topological polar surface area (TPSA) is 85.1 Å². The van der Waals surface area contributed by atoms with Gasteiger partial charge < -0.3 is 5.73 Å². The zero-order valence-corrected chi connectivity index (χ0v) is 12.1. The van der Waals surface area contributed by atoms with Gasteiger partial charge in [-0.15, -0.1) is 0 Å². The molecule has 5 nitrogen and oxygen atoms in total. The van der Waals surface area contributed by atoms with E-state index < -0.39 is 0 Å². The summed E-state index contributed by atoms with van der Waals surface area (Å²) in [6.45, 7) is 3.67. The lowest BCUT2D eigenvalue weighted by Gasteiger charge is -2.02. The lowest BCUT2D eigenvalue weighted by molar-refractivity contribution is 0.101. The van der Waals surface area contributed by atoms with Crippen LogP contribution in [0.25, 0.3) is 0 Å². The van der Waals surface area contributed by atoms with Crippen molar-refractivity contribution in [1.82, 2.24) is 4.98 Å². The molecule has 0 spiro atoms. The number of aryl methyl sites for hydroxylation is 1. The van der Waals surface area contributed by atoms with Crippen molar-refractivity contribution in [3.63, 3.8) is 0 Å². The van der Waals surface area contributed by atoms with E-state index in [0.29, 0.717) is 27.8 Å². The Morgan fingerprint density at radius 3 is 2.45 bits per heavy atom. The average molecular weight is 289 g/mol. The first kappa shape index (κ1) is 14.4. The maximum Gasteiger partial charge on any atom is 0.257 e. The van der Waals surface area contributed by atoms with Gasteiger partial charge in [-0.05, 0) is 24.6 Å². The monoisotopic (exact) mass is 289 g/mol. The second kappa shape index (κ2) is 5.94. The molecule has 0 saturated heterocycles. The van der Waals surface area contributed by atoms with Crippen LogP contribution in [0.5, 0.6) is 0 Å². The van der Waals surface area contributed by atoms with Crippen LogP contribution in [0.3, 0.4) is 0 Å². The standard InChI is InChI=1S/C14H15N3O2S/c1-8-12(9(2)18)20-14(16-8)17-13(19)11-5-3-10(7-15)4-6-11/h3-6H,7,15H2,1-2H3,(H,16,17,19). The molecular formula is C14H15N3O2S. The summed E-state index contributed by atoms with van der Waals surface area (Å²) in [4.78, 5) is 28.1. The molecule has 20 heavy (non-hydrogen) atoms. The SMILES string of the molecule is CC(=O)c1sc(NC(=O)c2ccc(CN)cc2)nc1C. The van der Waals surface area contributed by atoms with E-state index in [1.54, 1.807) is 19.1 Å². The van der Waals surface area contributed by atoms with Crippen LogP contribution in [0.4, 0.5) is 5.13 Å². The van der Waals surface area contributed by atoms with Gasteiger partial charge in [0, 0.05) is 19.0 Å². The number of nitrogens with one attached hydrogen (secondary N) is 1. The number of carbonyl (C=O) groups excluding carboxylic acids is 2. The fourth-order valence-corrected chi connectivity index (χ4v) is 2.59. The lowest BCUT2D eigenvalue weighted by Crippen LogP contribution is -2.11. The second-order valence-electron chi connectivity index (χ2n) is 4.34. The molecule has 3 N–H and O–H groups in total. The van der Waals surface area contributed by atoms with Crippen molar-refractivity contribution in [2.24, 2.45) is 5.73 Å². The first-order valence-electron chi connectivity index (χ1n) is 6.10. The summed E-state index contributed by atoms with van der Waals surface area (Å²) in [5, 5.41) is 3.13. The molecule has 104 valence electrons. The number of benzene rings is 1. The molecule has 0 atom stereocenters. The quantitative estimate of drug-likeness (QED) is 0.846. The highest BCUT2D eigenvalue weighted by Crippen LogP contribution is 2.23. The highest BCUT2D eigenvalue weighted by molar-refractivity contribution is 7.17. The summed E-state index contributed by atoms with van der Waals surface area (Å²) >= 11 is 1.19. The van der Waals surface area contributed by atoms with Crippen molar-refractivity contribution in [1.29, 1.82) is 0 Å². The minimum atomic E-state index is -0.252. The van der Waals surface area contributed by atoms with E-state index in [2.05, 4.69) is 10.3 Å².